The Hall–Kier alpha value is -3.67. The molecule has 3 rings (SSSR count). The van der Waals surface area contributed by atoms with Crippen molar-refractivity contribution in [1.82, 2.24) is 9.78 Å². The maximum atomic E-state index is 12.5. The van der Waals surface area contributed by atoms with Gasteiger partial charge >= 0.3 is 5.97 Å². The van der Waals surface area contributed by atoms with E-state index >= 15 is 0 Å². The third kappa shape index (κ3) is 4.73. The van der Waals surface area contributed by atoms with E-state index in [1.165, 1.54) is 6.08 Å². The largest absolute Gasteiger partial charge is 0.463 e. The van der Waals surface area contributed by atoms with Gasteiger partial charge in [0.25, 0.3) is 5.91 Å². The minimum atomic E-state index is -0.385. The van der Waals surface area contributed by atoms with Gasteiger partial charge in [-0.05, 0) is 55.8 Å². The molecule has 1 N–H and O–H groups in total. The van der Waals surface area contributed by atoms with E-state index in [1.54, 1.807) is 48.0 Å². The van der Waals surface area contributed by atoms with Gasteiger partial charge in [0, 0.05) is 17.5 Å². The number of aromatic nitrogens is 2. The molecule has 1 amide bonds. The molecule has 0 aliphatic carbocycles. The highest BCUT2D eigenvalue weighted by atomic mass is 16.5. The van der Waals surface area contributed by atoms with Crippen molar-refractivity contribution < 1.29 is 14.3 Å². The summed E-state index contributed by atoms with van der Waals surface area (Å²) >= 11 is 0. The van der Waals surface area contributed by atoms with Gasteiger partial charge in [0.1, 0.15) is 0 Å². The summed E-state index contributed by atoms with van der Waals surface area (Å²) in [6, 6.07) is 18.5. The van der Waals surface area contributed by atoms with Crippen LogP contribution in [0.15, 0.2) is 66.7 Å². The number of esters is 1. The van der Waals surface area contributed by atoms with E-state index in [0.29, 0.717) is 18.0 Å². The van der Waals surface area contributed by atoms with Crippen LogP contribution in [0.25, 0.3) is 11.8 Å². The Balaban J connectivity index is 1.67. The molecule has 0 saturated heterocycles. The van der Waals surface area contributed by atoms with Gasteiger partial charge in [-0.3, -0.25) is 4.79 Å². The van der Waals surface area contributed by atoms with Crippen molar-refractivity contribution >= 4 is 23.6 Å². The minimum Gasteiger partial charge on any atom is -0.463 e. The van der Waals surface area contributed by atoms with Crippen LogP contribution in [0.4, 0.5) is 5.69 Å². The van der Waals surface area contributed by atoms with Gasteiger partial charge < -0.3 is 10.1 Å². The number of nitrogens with one attached hydrogen (secondary N) is 1. The lowest BCUT2D eigenvalue weighted by Gasteiger charge is -2.04. The zero-order valence-corrected chi connectivity index (χ0v) is 15.8. The van der Waals surface area contributed by atoms with E-state index in [1.807, 2.05) is 37.3 Å². The second-order valence-corrected chi connectivity index (χ2v) is 6.08. The van der Waals surface area contributed by atoms with E-state index in [9.17, 15) is 9.59 Å². The molecule has 0 saturated carbocycles. The van der Waals surface area contributed by atoms with Gasteiger partial charge in [0.2, 0.25) is 0 Å². The predicted octanol–water partition coefficient (Wildman–Crippen LogP) is 4.01. The molecule has 0 radical (unpaired) electrons. The Labute approximate surface area is 163 Å². The number of carbonyl (C=O) groups is 2. The smallest absolute Gasteiger partial charge is 0.330 e. The second-order valence-electron chi connectivity index (χ2n) is 6.08. The monoisotopic (exact) mass is 375 g/mol. The van der Waals surface area contributed by atoms with Crippen molar-refractivity contribution in [2.45, 2.75) is 13.8 Å². The number of hydrogen-bond acceptors (Lipinski definition) is 4. The fourth-order valence-corrected chi connectivity index (χ4v) is 2.64. The first kappa shape index (κ1) is 19.1. The molecular formula is C22H21N3O3. The summed E-state index contributed by atoms with van der Waals surface area (Å²) in [5.74, 6) is -0.670. The van der Waals surface area contributed by atoms with Crippen LogP contribution in [0.2, 0.25) is 0 Å². The maximum absolute atomic E-state index is 12.5. The zero-order valence-electron chi connectivity index (χ0n) is 15.8. The fraction of sp³-hybridized carbons (Fsp3) is 0.136. The summed E-state index contributed by atoms with van der Waals surface area (Å²) in [5, 5.41) is 7.23. The topological polar surface area (TPSA) is 73.2 Å². The van der Waals surface area contributed by atoms with Crippen molar-refractivity contribution in [3.05, 3.63) is 83.7 Å². The summed E-state index contributed by atoms with van der Waals surface area (Å²) in [7, 11) is 0. The Kier molecular flexibility index (Phi) is 6.01. The zero-order chi connectivity index (χ0) is 19.9. The lowest BCUT2D eigenvalue weighted by Crippen LogP contribution is -2.13. The first-order valence-corrected chi connectivity index (χ1v) is 8.95. The van der Waals surface area contributed by atoms with Crippen LogP contribution < -0.4 is 5.32 Å². The molecule has 142 valence electrons. The van der Waals surface area contributed by atoms with E-state index in [4.69, 9.17) is 4.74 Å². The van der Waals surface area contributed by atoms with Crippen molar-refractivity contribution in [3.63, 3.8) is 0 Å². The first-order chi connectivity index (χ1) is 13.6. The van der Waals surface area contributed by atoms with E-state index < -0.39 is 0 Å². The highest BCUT2D eigenvalue weighted by molar-refractivity contribution is 6.03. The third-order valence-corrected chi connectivity index (χ3v) is 3.99. The molecule has 0 aliphatic rings. The van der Waals surface area contributed by atoms with Crippen molar-refractivity contribution in [1.29, 1.82) is 0 Å². The molecule has 0 spiro atoms. The molecule has 6 heteroatoms. The molecule has 28 heavy (non-hydrogen) atoms. The summed E-state index contributed by atoms with van der Waals surface area (Å²) in [5.41, 5.74) is 3.58. The molecule has 0 unspecified atom stereocenters. The van der Waals surface area contributed by atoms with Crippen LogP contribution in [-0.4, -0.2) is 28.3 Å². The molecule has 3 aromatic rings. The van der Waals surface area contributed by atoms with Crippen LogP contribution in [0, 0.1) is 6.92 Å². The molecule has 0 bridgehead atoms. The van der Waals surface area contributed by atoms with Crippen LogP contribution in [0.3, 0.4) is 0 Å². The summed E-state index contributed by atoms with van der Waals surface area (Å²) < 4.78 is 6.58. The molecule has 2 aromatic carbocycles. The van der Waals surface area contributed by atoms with Gasteiger partial charge in [-0.15, -0.1) is 0 Å². The average molecular weight is 375 g/mol. The highest BCUT2D eigenvalue weighted by Crippen LogP contribution is 2.15. The number of anilines is 1. The number of carbonyl (C=O) groups excluding carboxylic acids is 2. The number of aryl methyl sites for hydroxylation is 1. The van der Waals surface area contributed by atoms with Crippen LogP contribution >= 0.6 is 0 Å². The number of nitrogens with zero attached hydrogens (tertiary/aromatic N) is 2. The molecule has 0 atom stereocenters. The number of benzene rings is 2. The van der Waals surface area contributed by atoms with Crippen LogP contribution in [-0.2, 0) is 9.53 Å². The van der Waals surface area contributed by atoms with Crippen molar-refractivity contribution in [2.75, 3.05) is 11.9 Å². The number of rotatable bonds is 6. The Morgan fingerprint density at radius 3 is 2.50 bits per heavy atom. The quantitative estimate of drug-likeness (QED) is 0.522. The Morgan fingerprint density at radius 2 is 1.82 bits per heavy atom. The van der Waals surface area contributed by atoms with Gasteiger partial charge in [-0.25, -0.2) is 9.48 Å². The molecule has 1 aromatic heterocycles. The van der Waals surface area contributed by atoms with Gasteiger partial charge in [0.05, 0.1) is 12.3 Å². The number of hydrogen-bond donors (Lipinski definition) is 1. The Morgan fingerprint density at radius 1 is 1.11 bits per heavy atom. The SMILES string of the molecule is CCOC(=O)/C=C/c1ccc(NC(=O)c2cc(C)n(-c3ccccc3)n2)cc1. The van der Waals surface area contributed by atoms with E-state index in [-0.39, 0.29) is 11.9 Å². The van der Waals surface area contributed by atoms with Gasteiger partial charge in [0.15, 0.2) is 5.69 Å². The third-order valence-electron chi connectivity index (χ3n) is 3.99. The number of amides is 1. The molecule has 0 fully saturated rings. The van der Waals surface area contributed by atoms with Crippen molar-refractivity contribution in [2.24, 2.45) is 0 Å². The average Bonchev–Trinajstić information content (AvgIpc) is 3.10. The normalized spacial score (nSPS) is 10.8. The predicted molar refractivity (Wildman–Crippen MR) is 108 cm³/mol. The maximum Gasteiger partial charge on any atom is 0.330 e. The molecule has 6 nitrogen and oxygen atoms in total. The molecular weight excluding hydrogens is 354 g/mol. The lowest BCUT2D eigenvalue weighted by molar-refractivity contribution is -0.137. The second kappa shape index (κ2) is 8.81. The Bertz CT molecular complexity index is 990. The van der Waals surface area contributed by atoms with Crippen LogP contribution in [0.1, 0.15) is 28.7 Å². The van der Waals surface area contributed by atoms with E-state index in [2.05, 4.69) is 10.4 Å². The fourth-order valence-electron chi connectivity index (χ4n) is 2.64. The van der Waals surface area contributed by atoms with Gasteiger partial charge in [-0.1, -0.05) is 30.3 Å². The summed E-state index contributed by atoms with van der Waals surface area (Å²) in [6.45, 7) is 4.00. The molecule has 0 aliphatic heterocycles. The summed E-state index contributed by atoms with van der Waals surface area (Å²) in [6.07, 6.45) is 3.03. The number of para-hydroxylation sites is 1. The highest BCUT2D eigenvalue weighted by Gasteiger charge is 2.13. The van der Waals surface area contributed by atoms with Crippen molar-refractivity contribution in [3.8, 4) is 5.69 Å². The minimum absolute atomic E-state index is 0.285. The van der Waals surface area contributed by atoms with Gasteiger partial charge in [-0.2, -0.15) is 5.10 Å². The molecule has 1 heterocycles. The lowest BCUT2D eigenvalue weighted by atomic mass is 10.2. The number of ether oxygens (including phenoxy) is 1. The first-order valence-electron chi connectivity index (χ1n) is 8.95. The van der Waals surface area contributed by atoms with E-state index in [0.717, 1.165) is 16.9 Å². The van der Waals surface area contributed by atoms with Crippen LogP contribution in [0.5, 0.6) is 0 Å². The summed E-state index contributed by atoms with van der Waals surface area (Å²) in [4.78, 5) is 23.9. The standard InChI is InChI=1S/C22H21N3O3/c1-3-28-21(26)14-11-17-9-12-18(13-10-17)23-22(27)20-15-16(2)25(24-20)19-7-5-4-6-8-19/h4-15H,3H2,1-2H3,(H,23,27)/b14-11+.